The molecule has 63 heavy (non-hydrogen) atoms. The Kier molecular flexibility index (Phi) is 21.7. The Morgan fingerprint density at radius 1 is 0.762 bits per heavy atom. The number of ether oxygens (including phenoxy) is 3. The van der Waals surface area contributed by atoms with Crippen molar-refractivity contribution in [3.05, 3.63) is 42.5 Å². The van der Waals surface area contributed by atoms with Crippen LogP contribution in [0.25, 0.3) is 0 Å². The van der Waals surface area contributed by atoms with Crippen LogP contribution in [-0.2, 0) is 32.7 Å². The summed E-state index contributed by atoms with van der Waals surface area (Å²) in [6, 6.07) is 10.1. The van der Waals surface area contributed by atoms with Crippen LogP contribution in [-0.4, -0.2) is 75.9 Å². The average Bonchev–Trinajstić information content (AvgIpc) is 3.93. The van der Waals surface area contributed by atoms with Crippen LogP contribution in [0.5, 0.6) is 0 Å². The van der Waals surface area contributed by atoms with E-state index in [2.05, 4.69) is 74.7 Å². The maximum atomic E-state index is 13.2. The van der Waals surface area contributed by atoms with Crippen molar-refractivity contribution in [1.82, 2.24) is 0 Å². The number of thioether (sulfide) groups is 1. The lowest BCUT2D eigenvalue weighted by Gasteiger charge is -2.42. The fourth-order valence-corrected chi connectivity index (χ4v) is 13.3. The lowest BCUT2D eigenvalue weighted by atomic mass is 9.95. The Morgan fingerprint density at radius 2 is 1.29 bits per heavy atom. The fraction of sp³-hybridized carbons (Fsp3) is 0.811. The summed E-state index contributed by atoms with van der Waals surface area (Å²) in [6.07, 6.45) is 26.3. The second-order valence-corrected chi connectivity index (χ2v) is 33.6. The molecular weight excluding hydrogens is 837 g/mol. The van der Waals surface area contributed by atoms with E-state index in [9.17, 15) is 9.59 Å². The van der Waals surface area contributed by atoms with Gasteiger partial charge in [-0.3, -0.25) is 9.59 Å². The molecule has 0 amide bonds. The van der Waals surface area contributed by atoms with Crippen molar-refractivity contribution in [3.8, 4) is 0 Å². The standard InChI is InChI=1S/C53H92O7SSi2/c1-13-14-15-16-17-18-19-20-21-27-32-48(59-62(9,10)51(3,4)5)46-36-37-47(58-46)49(60-63(11,12)52(6,7)8)33-28-22-24-29-42(54)38-43-34-35-44(57-43)40-53(39-41(2)56-50(53)55)61-45-30-25-23-26-31-45/h23-26,29-31,41,43-44,46-49H,13-22,27-28,32-40H2,1-12H3/b29-24+/t41-,43+,44+,46+,47+,48+,49+,53-/m0/s1. The van der Waals surface area contributed by atoms with Crippen LogP contribution in [0.3, 0.4) is 0 Å². The molecule has 0 aliphatic carbocycles. The predicted octanol–water partition coefficient (Wildman–Crippen LogP) is 15.1. The van der Waals surface area contributed by atoms with E-state index in [1.807, 2.05) is 43.3 Å². The normalized spacial score (nSPS) is 25.8. The van der Waals surface area contributed by atoms with E-state index in [-0.39, 0.29) is 64.6 Å². The largest absolute Gasteiger partial charge is 0.462 e. The van der Waals surface area contributed by atoms with Crippen molar-refractivity contribution < 1.29 is 32.7 Å². The molecule has 3 fully saturated rings. The summed E-state index contributed by atoms with van der Waals surface area (Å²) < 4.78 is 33.0. The molecular formula is C53H92O7SSi2. The Hall–Kier alpha value is -1.28. The molecule has 0 saturated carbocycles. The van der Waals surface area contributed by atoms with Gasteiger partial charge in [0.05, 0.1) is 36.6 Å². The van der Waals surface area contributed by atoms with E-state index in [0.29, 0.717) is 19.3 Å². The van der Waals surface area contributed by atoms with Gasteiger partial charge in [-0.2, -0.15) is 0 Å². The highest BCUT2D eigenvalue weighted by Gasteiger charge is 2.51. The van der Waals surface area contributed by atoms with E-state index < -0.39 is 21.4 Å². The van der Waals surface area contributed by atoms with Crippen molar-refractivity contribution in [2.45, 2.75) is 279 Å². The van der Waals surface area contributed by atoms with Crippen molar-refractivity contribution >= 4 is 40.1 Å². The molecule has 1 aromatic rings. The molecule has 0 aromatic heterocycles. The Labute approximate surface area is 392 Å². The number of carbonyl (C=O) groups is 2. The van der Waals surface area contributed by atoms with Crippen LogP contribution < -0.4 is 0 Å². The molecule has 0 radical (unpaired) electrons. The van der Waals surface area contributed by atoms with Gasteiger partial charge in [0.1, 0.15) is 10.9 Å². The molecule has 0 N–H and O–H groups in total. The van der Waals surface area contributed by atoms with Gasteiger partial charge in [0, 0.05) is 17.7 Å². The zero-order valence-corrected chi connectivity index (χ0v) is 45.0. The number of unbranched alkanes of at least 4 members (excludes halogenated alkanes) is 10. The van der Waals surface area contributed by atoms with Crippen LogP contribution in [0, 0.1) is 0 Å². The highest BCUT2D eigenvalue weighted by Crippen LogP contribution is 2.48. The molecule has 7 nitrogen and oxygen atoms in total. The van der Waals surface area contributed by atoms with Gasteiger partial charge in [0.2, 0.25) is 0 Å². The molecule has 1 aromatic carbocycles. The first-order chi connectivity index (χ1) is 29.6. The third-order valence-electron chi connectivity index (χ3n) is 15.0. The van der Waals surface area contributed by atoms with E-state index in [0.717, 1.165) is 56.3 Å². The van der Waals surface area contributed by atoms with Crippen LogP contribution in [0.1, 0.15) is 190 Å². The molecule has 3 aliphatic rings. The van der Waals surface area contributed by atoms with Gasteiger partial charge in [0.25, 0.3) is 0 Å². The van der Waals surface area contributed by atoms with Crippen LogP contribution >= 0.6 is 11.8 Å². The zero-order chi connectivity index (χ0) is 46.3. The van der Waals surface area contributed by atoms with Crippen LogP contribution in [0.2, 0.25) is 36.3 Å². The van der Waals surface area contributed by atoms with Gasteiger partial charge < -0.3 is 23.1 Å². The highest BCUT2D eigenvalue weighted by atomic mass is 32.2. The molecule has 0 unspecified atom stereocenters. The summed E-state index contributed by atoms with van der Waals surface area (Å²) in [5.41, 5.74) is 0. The molecule has 4 rings (SSSR count). The van der Waals surface area contributed by atoms with Crippen molar-refractivity contribution in [2.75, 3.05) is 0 Å². The van der Waals surface area contributed by atoms with E-state index >= 15 is 0 Å². The number of cyclic esters (lactones) is 1. The quantitative estimate of drug-likeness (QED) is 0.0356. The third kappa shape index (κ3) is 17.4. The van der Waals surface area contributed by atoms with Crippen LogP contribution in [0.4, 0.5) is 0 Å². The van der Waals surface area contributed by atoms with E-state index in [4.69, 9.17) is 23.1 Å². The molecule has 3 aliphatic heterocycles. The lowest BCUT2D eigenvalue weighted by molar-refractivity contribution is -0.143. The van der Waals surface area contributed by atoms with E-state index in [1.165, 1.54) is 64.2 Å². The monoisotopic (exact) mass is 929 g/mol. The lowest BCUT2D eigenvalue weighted by Crippen LogP contribution is -2.48. The second kappa shape index (κ2) is 25.2. The molecule has 8 atom stereocenters. The number of rotatable bonds is 28. The van der Waals surface area contributed by atoms with Crippen LogP contribution in [0.15, 0.2) is 47.4 Å². The predicted molar refractivity (Wildman–Crippen MR) is 269 cm³/mol. The first-order valence-electron chi connectivity index (χ1n) is 25.5. The summed E-state index contributed by atoms with van der Waals surface area (Å²) in [7, 11) is -4.06. The summed E-state index contributed by atoms with van der Waals surface area (Å²) >= 11 is 1.60. The molecule has 0 bridgehead atoms. The SMILES string of the molecule is CCCCCCCCCCCC[C@@H](O[Si](C)(C)C(C)(C)C)[C@H]1CC[C@H]([C@@H](CCC/C=C/C(=O)C[C@H]2CC[C@H](C[C@@]3(Sc4ccccc4)C[C@H](C)OC3=O)O2)O[Si](C)(C)C(C)(C)C)O1. The molecule has 3 saturated heterocycles. The van der Waals surface area contributed by atoms with Gasteiger partial charge in [-0.15, -0.1) is 11.8 Å². The summed E-state index contributed by atoms with van der Waals surface area (Å²) in [6.45, 7) is 27.7. The fourth-order valence-electron chi connectivity index (χ4n) is 9.10. The number of hydrogen-bond donors (Lipinski definition) is 0. The molecule has 10 heteroatoms. The minimum Gasteiger partial charge on any atom is -0.462 e. The number of benzene rings is 1. The number of esters is 1. The summed E-state index contributed by atoms with van der Waals surface area (Å²) in [5, 5.41) is 0.244. The van der Waals surface area contributed by atoms with Crippen molar-refractivity contribution in [3.63, 3.8) is 0 Å². The average molecular weight is 930 g/mol. The van der Waals surface area contributed by atoms with Gasteiger partial charge in [0.15, 0.2) is 22.4 Å². The molecule has 0 spiro atoms. The van der Waals surface area contributed by atoms with Gasteiger partial charge >= 0.3 is 5.97 Å². The highest BCUT2D eigenvalue weighted by molar-refractivity contribution is 8.01. The number of allylic oxidation sites excluding steroid dienone is 2. The maximum Gasteiger partial charge on any atom is 0.323 e. The van der Waals surface area contributed by atoms with Gasteiger partial charge in [-0.1, -0.05) is 137 Å². The summed E-state index contributed by atoms with van der Waals surface area (Å²) in [5.74, 6) is -0.0419. The molecule has 360 valence electrons. The minimum absolute atomic E-state index is 0.0261. The first kappa shape index (κ1) is 54.3. The maximum absolute atomic E-state index is 13.2. The second-order valence-electron chi connectivity index (χ2n) is 22.6. The van der Waals surface area contributed by atoms with Crippen molar-refractivity contribution in [1.29, 1.82) is 0 Å². The Bertz CT molecular complexity index is 1540. The summed E-state index contributed by atoms with van der Waals surface area (Å²) in [4.78, 5) is 27.5. The van der Waals surface area contributed by atoms with Gasteiger partial charge in [-0.25, -0.2) is 0 Å². The topological polar surface area (TPSA) is 80.3 Å². The first-order valence-corrected chi connectivity index (χ1v) is 32.1. The smallest absolute Gasteiger partial charge is 0.323 e. The Morgan fingerprint density at radius 3 is 1.81 bits per heavy atom. The van der Waals surface area contributed by atoms with Crippen molar-refractivity contribution in [2.24, 2.45) is 0 Å². The zero-order valence-electron chi connectivity index (χ0n) is 42.2. The number of ketones is 1. The number of hydrogen-bond acceptors (Lipinski definition) is 8. The minimum atomic E-state index is -2.07. The number of carbonyl (C=O) groups excluding carboxylic acids is 2. The molecule has 3 heterocycles. The Balaban J connectivity index is 1.29. The third-order valence-corrected chi connectivity index (χ3v) is 25.4. The van der Waals surface area contributed by atoms with Gasteiger partial charge in [-0.05, 0) is 119 Å². The van der Waals surface area contributed by atoms with E-state index in [1.54, 1.807) is 17.8 Å².